The molecule has 0 saturated carbocycles. The molecule has 2 fully saturated rings. The quantitative estimate of drug-likeness (QED) is 0.712. The van der Waals surface area contributed by atoms with Gasteiger partial charge in [-0.3, -0.25) is 9.48 Å². The molecule has 1 spiro atoms. The number of hydrogen-bond donors (Lipinski definition) is 0. The fraction of sp³-hybridized carbons (Fsp3) is 0.714. The van der Waals surface area contributed by atoms with Crippen LogP contribution in [-0.2, 0) is 29.0 Å². The molecule has 1 unspecified atom stereocenters. The zero-order chi connectivity index (χ0) is 21.1. The van der Waals surface area contributed by atoms with Crippen molar-refractivity contribution in [3.8, 4) is 0 Å². The molecule has 0 bridgehead atoms. The maximum Gasteiger partial charge on any atom is 0.257 e. The van der Waals surface area contributed by atoms with E-state index >= 15 is 0 Å². The number of methoxy groups -OCH3 is 1. The SMILES string of the molecule is CCn1cc(C(=O)N2CCC3(CC2)CC(Cc2noc(COC)n2)CCO3)c(C)n1. The van der Waals surface area contributed by atoms with Gasteiger partial charge in [0.15, 0.2) is 5.82 Å². The monoisotopic (exact) mass is 417 g/mol. The molecule has 2 aromatic heterocycles. The summed E-state index contributed by atoms with van der Waals surface area (Å²) in [5.41, 5.74) is 1.35. The first-order valence-electron chi connectivity index (χ1n) is 10.8. The highest BCUT2D eigenvalue weighted by Gasteiger charge is 2.41. The predicted molar refractivity (Wildman–Crippen MR) is 108 cm³/mol. The smallest absolute Gasteiger partial charge is 0.257 e. The summed E-state index contributed by atoms with van der Waals surface area (Å²) in [6.07, 6.45) is 6.33. The molecule has 30 heavy (non-hydrogen) atoms. The number of aryl methyl sites for hydroxylation is 2. The van der Waals surface area contributed by atoms with E-state index in [4.69, 9.17) is 14.0 Å². The van der Waals surface area contributed by atoms with Crippen molar-refractivity contribution >= 4 is 5.91 Å². The lowest BCUT2D eigenvalue weighted by Gasteiger charge is -2.46. The molecule has 1 amide bonds. The number of rotatable bonds is 6. The number of nitrogens with zero attached hydrogens (tertiary/aromatic N) is 5. The van der Waals surface area contributed by atoms with Gasteiger partial charge in [0.2, 0.25) is 0 Å². The highest BCUT2D eigenvalue weighted by Crippen LogP contribution is 2.39. The minimum absolute atomic E-state index is 0.0758. The summed E-state index contributed by atoms with van der Waals surface area (Å²) in [6, 6.07) is 0. The standard InChI is InChI=1S/C21H31N5O4/c1-4-26-13-17(15(2)23-26)20(27)25-8-6-21(7-9-25)12-16(5-10-29-21)11-18-22-19(14-28-3)30-24-18/h13,16H,4-12,14H2,1-3H3. The Morgan fingerprint density at radius 3 is 2.87 bits per heavy atom. The topological polar surface area (TPSA) is 95.5 Å². The van der Waals surface area contributed by atoms with Crippen LogP contribution in [0, 0.1) is 12.8 Å². The van der Waals surface area contributed by atoms with Gasteiger partial charge in [0.05, 0.1) is 16.9 Å². The Kier molecular flexibility index (Phi) is 6.19. The van der Waals surface area contributed by atoms with Crippen LogP contribution in [0.3, 0.4) is 0 Å². The molecular formula is C21H31N5O4. The Morgan fingerprint density at radius 1 is 1.37 bits per heavy atom. The molecule has 2 saturated heterocycles. The molecule has 9 nitrogen and oxygen atoms in total. The molecule has 4 rings (SSSR count). The summed E-state index contributed by atoms with van der Waals surface area (Å²) in [5.74, 6) is 1.79. The van der Waals surface area contributed by atoms with E-state index in [0.29, 0.717) is 37.1 Å². The van der Waals surface area contributed by atoms with Gasteiger partial charge in [-0.15, -0.1) is 0 Å². The van der Waals surface area contributed by atoms with Gasteiger partial charge in [0.25, 0.3) is 11.8 Å². The van der Waals surface area contributed by atoms with E-state index in [0.717, 1.165) is 56.8 Å². The van der Waals surface area contributed by atoms with E-state index in [1.165, 1.54) is 0 Å². The largest absolute Gasteiger partial charge is 0.375 e. The van der Waals surface area contributed by atoms with Crippen LogP contribution >= 0.6 is 0 Å². The van der Waals surface area contributed by atoms with Crippen LogP contribution in [-0.4, -0.2) is 63.1 Å². The third-order valence-corrected chi connectivity index (χ3v) is 6.31. The second-order valence-corrected chi connectivity index (χ2v) is 8.41. The minimum Gasteiger partial charge on any atom is -0.375 e. The first-order valence-corrected chi connectivity index (χ1v) is 10.8. The van der Waals surface area contributed by atoms with Crippen molar-refractivity contribution in [2.24, 2.45) is 5.92 Å². The van der Waals surface area contributed by atoms with Crippen molar-refractivity contribution < 1.29 is 18.8 Å². The fourth-order valence-electron chi connectivity index (χ4n) is 4.64. The second kappa shape index (κ2) is 8.85. The van der Waals surface area contributed by atoms with Gasteiger partial charge >= 0.3 is 0 Å². The molecule has 2 aromatic rings. The Balaban J connectivity index is 1.34. The van der Waals surface area contributed by atoms with Crippen molar-refractivity contribution in [3.05, 3.63) is 29.2 Å². The molecule has 0 radical (unpaired) electrons. The lowest BCUT2D eigenvalue weighted by molar-refractivity contribution is -0.123. The van der Waals surface area contributed by atoms with E-state index < -0.39 is 0 Å². The predicted octanol–water partition coefficient (Wildman–Crippen LogP) is 2.38. The summed E-state index contributed by atoms with van der Waals surface area (Å²) in [5, 5.41) is 8.49. The van der Waals surface area contributed by atoms with Crippen LogP contribution in [0.25, 0.3) is 0 Å². The zero-order valence-electron chi connectivity index (χ0n) is 18.1. The lowest BCUT2D eigenvalue weighted by Crippen LogP contribution is -2.51. The maximum absolute atomic E-state index is 13.0. The van der Waals surface area contributed by atoms with Crippen LogP contribution < -0.4 is 0 Å². The second-order valence-electron chi connectivity index (χ2n) is 8.41. The summed E-state index contributed by atoms with van der Waals surface area (Å²) in [7, 11) is 1.61. The van der Waals surface area contributed by atoms with Crippen molar-refractivity contribution in [2.75, 3.05) is 26.8 Å². The number of ether oxygens (including phenoxy) is 2. The average Bonchev–Trinajstić information content (AvgIpc) is 3.34. The van der Waals surface area contributed by atoms with E-state index in [-0.39, 0.29) is 11.5 Å². The maximum atomic E-state index is 13.0. The van der Waals surface area contributed by atoms with Crippen molar-refractivity contribution in [3.63, 3.8) is 0 Å². The normalized spacial score (nSPS) is 21.3. The summed E-state index contributed by atoms with van der Waals surface area (Å²) >= 11 is 0. The van der Waals surface area contributed by atoms with Crippen molar-refractivity contribution in [1.82, 2.24) is 24.8 Å². The van der Waals surface area contributed by atoms with E-state index in [9.17, 15) is 4.79 Å². The summed E-state index contributed by atoms with van der Waals surface area (Å²) in [6.45, 7) is 7.19. The van der Waals surface area contributed by atoms with Gasteiger partial charge in [-0.1, -0.05) is 5.16 Å². The highest BCUT2D eigenvalue weighted by atomic mass is 16.5. The molecule has 9 heteroatoms. The van der Waals surface area contributed by atoms with Crippen LogP contribution in [0.15, 0.2) is 10.7 Å². The Hall–Kier alpha value is -2.26. The number of amides is 1. The van der Waals surface area contributed by atoms with E-state index in [1.807, 2.05) is 29.6 Å². The Morgan fingerprint density at radius 2 is 2.17 bits per heavy atom. The molecule has 2 aliphatic rings. The Labute approximate surface area is 176 Å². The zero-order valence-corrected chi connectivity index (χ0v) is 18.1. The third kappa shape index (κ3) is 4.41. The number of carbonyl (C=O) groups excluding carboxylic acids is 1. The van der Waals surface area contributed by atoms with Gasteiger partial charge in [-0.25, -0.2) is 0 Å². The molecule has 2 aliphatic heterocycles. The van der Waals surface area contributed by atoms with Gasteiger partial charge in [-0.05, 0) is 45.4 Å². The molecule has 0 aliphatic carbocycles. The lowest BCUT2D eigenvalue weighted by atomic mass is 9.78. The Bertz CT molecular complexity index is 869. The summed E-state index contributed by atoms with van der Waals surface area (Å²) in [4.78, 5) is 19.3. The number of hydrogen-bond acceptors (Lipinski definition) is 7. The number of aromatic nitrogens is 4. The van der Waals surface area contributed by atoms with E-state index in [1.54, 1.807) is 7.11 Å². The van der Waals surface area contributed by atoms with Gasteiger partial charge in [-0.2, -0.15) is 10.1 Å². The van der Waals surface area contributed by atoms with Gasteiger partial charge in [0.1, 0.15) is 6.61 Å². The fourth-order valence-corrected chi connectivity index (χ4v) is 4.64. The van der Waals surface area contributed by atoms with Crippen LogP contribution in [0.4, 0.5) is 0 Å². The number of carbonyl (C=O) groups is 1. The summed E-state index contributed by atoms with van der Waals surface area (Å²) < 4.78 is 18.3. The van der Waals surface area contributed by atoms with Gasteiger partial charge in [0, 0.05) is 46.0 Å². The van der Waals surface area contributed by atoms with Crippen LogP contribution in [0.5, 0.6) is 0 Å². The number of piperidine rings is 1. The molecule has 1 atom stereocenters. The molecule has 0 aromatic carbocycles. The third-order valence-electron chi connectivity index (χ3n) is 6.31. The minimum atomic E-state index is -0.151. The van der Waals surface area contributed by atoms with Gasteiger partial charge < -0.3 is 18.9 Å². The van der Waals surface area contributed by atoms with Crippen molar-refractivity contribution in [1.29, 1.82) is 0 Å². The molecule has 4 heterocycles. The first kappa shape index (κ1) is 21.0. The van der Waals surface area contributed by atoms with E-state index in [2.05, 4.69) is 15.2 Å². The molecular weight excluding hydrogens is 386 g/mol. The van der Waals surface area contributed by atoms with Crippen molar-refractivity contribution in [2.45, 2.75) is 64.7 Å². The molecule has 0 N–H and O–H groups in total. The van der Waals surface area contributed by atoms with Crippen LogP contribution in [0.2, 0.25) is 0 Å². The highest BCUT2D eigenvalue weighted by molar-refractivity contribution is 5.95. The average molecular weight is 418 g/mol. The van der Waals surface area contributed by atoms with Crippen LogP contribution in [0.1, 0.15) is 60.4 Å². The number of likely N-dealkylation sites (tertiary alicyclic amines) is 1. The first-order chi connectivity index (χ1) is 14.5. The molecule has 164 valence electrons.